The van der Waals surface area contributed by atoms with E-state index < -0.39 is 0 Å². The molecular weight excluding hydrogens is 172 g/mol. The molecule has 1 aliphatic rings. The Morgan fingerprint density at radius 3 is 2.79 bits per heavy atom. The normalized spacial score (nSPS) is 16.7. The van der Waals surface area contributed by atoms with Gasteiger partial charge in [0.15, 0.2) is 0 Å². The summed E-state index contributed by atoms with van der Waals surface area (Å²) in [6.07, 6.45) is 7.67. The third kappa shape index (κ3) is 1.95. The van der Waals surface area contributed by atoms with Crippen molar-refractivity contribution < 1.29 is 0 Å². The van der Waals surface area contributed by atoms with E-state index >= 15 is 0 Å². The second-order valence-corrected chi connectivity index (χ2v) is 3.70. The van der Waals surface area contributed by atoms with Crippen LogP contribution >= 0.6 is 0 Å². The topological polar surface area (TPSA) is 16.1 Å². The summed E-state index contributed by atoms with van der Waals surface area (Å²) in [6.45, 7) is 6.06. The summed E-state index contributed by atoms with van der Waals surface area (Å²) >= 11 is 0. The van der Waals surface area contributed by atoms with Crippen molar-refractivity contribution in [2.45, 2.75) is 19.3 Å². The number of rotatable bonds is 2. The Morgan fingerprint density at radius 2 is 2.07 bits per heavy atom. The van der Waals surface area contributed by atoms with E-state index in [1.165, 1.54) is 19.3 Å². The maximum Gasteiger partial charge on any atom is 0.129 e. The minimum Gasteiger partial charge on any atom is -0.357 e. The standard InChI is InChI=1S/C12H16N2/c1-2-11-6-7-13-12(10-11)14-8-4-3-5-9-14/h2,6-7,10H,1,3-5,8-9H2. The van der Waals surface area contributed by atoms with E-state index in [2.05, 4.69) is 22.5 Å². The van der Waals surface area contributed by atoms with Crippen molar-refractivity contribution in [3.8, 4) is 0 Å². The van der Waals surface area contributed by atoms with Gasteiger partial charge in [0.25, 0.3) is 0 Å². The van der Waals surface area contributed by atoms with E-state index in [1.54, 1.807) is 0 Å². The van der Waals surface area contributed by atoms with Crippen LogP contribution in [0.15, 0.2) is 24.9 Å². The Labute approximate surface area is 85.3 Å². The lowest BCUT2D eigenvalue weighted by Crippen LogP contribution is -2.30. The smallest absolute Gasteiger partial charge is 0.129 e. The zero-order chi connectivity index (χ0) is 9.80. The second-order valence-electron chi connectivity index (χ2n) is 3.70. The van der Waals surface area contributed by atoms with Gasteiger partial charge in [-0.3, -0.25) is 0 Å². The Balaban J connectivity index is 2.17. The quantitative estimate of drug-likeness (QED) is 0.709. The molecule has 0 radical (unpaired) electrons. The van der Waals surface area contributed by atoms with Gasteiger partial charge in [0.1, 0.15) is 5.82 Å². The maximum absolute atomic E-state index is 4.39. The fourth-order valence-corrected chi connectivity index (χ4v) is 1.86. The number of pyridine rings is 1. The molecule has 0 unspecified atom stereocenters. The Bertz CT molecular complexity index is 314. The van der Waals surface area contributed by atoms with Crippen LogP contribution in [0.5, 0.6) is 0 Å². The Hall–Kier alpha value is -1.31. The van der Waals surface area contributed by atoms with E-state index in [-0.39, 0.29) is 0 Å². The van der Waals surface area contributed by atoms with Crippen molar-refractivity contribution >= 4 is 11.9 Å². The highest BCUT2D eigenvalue weighted by molar-refractivity contribution is 5.53. The molecule has 2 nitrogen and oxygen atoms in total. The third-order valence-electron chi connectivity index (χ3n) is 2.69. The lowest BCUT2D eigenvalue weighted by Gasteiger charge is -2.27. The summed E-state index contributed by atoms with van der Waals surface area (Å²) in [4.78, 5) is 6.75. The maximum atomic E-state index is 4.39. The van der Waals surface area contributed by atoms with Crippen LogP contribution in [0.4, 0.5) is 5.82 Å². The molecule has 2 heterocycles. The summed E-state index contributed by atoms with van der Waals surface area (Å²) in [5, 5.41) is 0. The van der Waals surface area contributed by atoms with Crippen LogP contribution in [0, 0.1) is 0 Å². The zero-order valence-corrected chi connectivity index (χ0v) is 8.45. The van der Waals surface area contributed by atoms with Crippen molar-refractivity contribution in [1.29, 1.82) is 0 Å². The van der Waals surface area contributed by atoms with Crippen LogP contribution in [0.25, 0.3) is 6.08 Å². The molecule has 2 rings (SSSR count). The molecule has 0 saturated carbocycles. The average molecular weight is 188 g/mol. The average Bonchev–Trinajstić information content (AvgIpc) is 2.30. The summed E-state index contributed by atoms with van der Waals surface area (Å²) in [5.74, 6) is 1.10. The Morgan fingerprint density at radius 1 is 1.29 bits per heavy atom. The molecule has 0 bridgehead atoms. The molecule has 2 heteroatoms. The first-order valence-electron chi connectivity index (χ1n) is 5.23. The minimum absolute atomic E-state index is 1.10. The van der Waals surface area contributed by atoms with E-state index in [9.17, 15) is 0 Å². The zero-order valence-electron chi connectivity index (χ0n) is 8.45. The van der Waals surface area contributed by atoms with Crippen LogP contribution in [-0.4, -0.2) is 18.1 Å². The number of hydrogen-bond acceptors (Lipinski definition) is 2. The largest absolute Gasteiger partial charge is 0.357 e. The summed E-state index contributed by atoms with van der Waals surface area (Å²) < 4.78 is 0. The molecule has 0 N–H and O–H groups in total. The fraction of sp³-hybridized carbons (Fsp3) is 0.417. The first-order valence-corrected chi connectivity index (χ1v) is 5.23. The van der Waals surface area contributed by atoms with Gasteiger partial charge in [-0.05, 0) is 37.0 Å². The van der Waals surface area contributed by atoms with Gasteiger partial charge in [-0.15, -0.1) is 0 Å². The van der Waals surface area contributed by atoms with Crippen molar-refractivity contribution in [2.24, 2.45) is 0 Å². The molecule has 14 heavy (non-hydrogen) atoms. The molecule has 1 fully saturated rings. The highest BCUT2D eigenvalue weighted by Crippen LogP contribution is 2.18. The number of hydrogen-bond donors (Lipinski definition) is 0. The molecule has 0 amide bonds. The summed E-state index contributed by atoms with van der Waals surface area (Å²) in [5.41, 5.74) is 1.15. The van der Waals surface area contributed by atoms with Crippen molar-refractivity contribution in [1.82, 2.24) is 4.98 Å². The molecule has 1 aromatic rings. The van der Waals surface area contributed by atoms with Crippen LogP contribution in [-0.2, 0) is 0 Å². The van der Waals surface area contributed by atoms with Crippen LogP contribution in [0.2, 0.25) is 0 Å². The predicted molar refractivity (Wildman–Crippen MR) is 60.4 cm³/mol. The van der Waals surface area contributed by atoms with E-state index in [4.69, 9.17) is 0 Å². The third-order valence-corrected chi connectivity index (χ3v) is 2.69. The number of piperidine rings is 1. The van der Waals surface area contributed by atoms with Gasteiger partial charge >= 0.3 is 0 Å². The monoisotopic (exact) mass is 188 g/mol. The van der Waals surface area contributed by atoms with Crippen molar-refractivity contribution in [2.75, 3.05) is 18.0 Å². The van der Waals surface area contributed by atoms with E-state index in [0.29, 0.717) is 0 Å². The first-order chi connectivity index (χ1) is 6.90. The van der Waals surface area contributed by atoms with Gasteiger partial charge in [-0.1, -0.05) is 12.7 Å². The molecule has 0 aliphatic carbocycles. The lowest BCUT2D eigenvalue weighted by molar-refractivity contribution is 0.573. The molecular formula is C12H16N2. The van der Waals surface area contributed by atoms with Gasteiger partial charge in [-0.2, -0.15) is 0 Å². The highest BCUT2D eigenvalue weighted by atomic mass is 15.2. The lowest BCUT2D eigenvalue weighted by atomic mass is 10.1. The number of anilines is 1. The van der Waals surface area contributed by atoms with Crippen molar-refractivity contribution in [3.05, 3.63) is 30.5 Å². The molecule has 1 aromatic heterocycles. The van der Waals surface area contributed by atoms with Gasteiger partial charge in [0.05, 0.1) is 0 Å². The first kappa shape index (κ1) is 9.25. The van der Waals surface area contributed by atoms with Gasteiger partial charge < -0.3 is 4.90 Å². The molecule has 1 aliphatic heterocycles. The van der Waals surface area contributed by atoms with Gasteiger partial charge in [0, 0.05) is 19.3 Å². The summed E-state index contributed by atoms with van der Waals surface area (Å²) in [6, 6.07) is 4.10. The van der Waals surface area contributed by atoms with Gasteiger partial charge in [-0.25, -0.2) is 4.98 Å². The predicted octanol–water partition coefficient (Wildman–Crippen LogP) is 2.71. The van der Waals surface area contributed by atoms with Crippen LogP contribution in [0.1, 0.15) is 24.8 Å². The molecule has 0 spiro atoms. The minimum atomic E-state index is 1.10. The van der Waals surface area contributed by atoms with Gasteiger partial charge in [0.2, 0.25) is 0 Å². The summed E-state index contributed by atoms with van der Waals surface area (Å²) in [7, 11) is 0. The molecule has 74 valence electrons. The second kappa shape index (κ2) is 4.27. The molecule has 0 atom stereocenters. The molecule has 0 aromatic carbocycles. The van der Waals surface area contributed by atoms with Crippen molar-refractivity contribution in [3.63, 3.8) is 0 Å². The van der Waals surface area contributed by atoms with E-state index in [1.807, 2.05) is 18.3 Å². The number of aromatic nitrogens is 1. The fourth-order valence-electron chi connectivity index (χ4n) is 1.86. The van der Waals surface area contributed by atoms with E-state index in [0.717, 1.165) is 24.5 Å². The number of nitrogens with zero attached hydrogens (tertiary/aromatic N) is 2. The van der Waals surface area contributed by atoms with Crippen LogP contribution < -0.4 is 4.90 Å². The molecule has 1 saturated heterocycles. The SMILES string of the molecule is C=Cc1ccnc(N2CCCCC2)c1. The highest BCUT2D eigenvalue weighted by Gasteiger charge is 2.11. The van der Waals surface area contributed by atoms with Crippen LogP contribution in [0.3, 0.4) is 0 Å². The Kier molecular flexibility index (Phi) is 2.82.